The predicted molar refractivity (Wildman–Crippen MR) is 102 cm³/mol. The molecule has 4 heteroatoms. The third-order valence-corrected chi connectivity index (χ3v) is 6.01. The highest BCUT2D eigenvalue weighted by Crippen LogP contribution is 2.46. The number of benzene rings is 2. The fraction of sp³-hybridized carbons (Fsp3) is 0.381. The van der Waals surface area contributed by atoms with Gasteiger partial charge >= 0.3 is 0 Å². The molecule has 2 aromatic carbocycles. The Morgan fingerprint density at radius 2 is 1.96 bits per heavy atom. The first kappa shape index (κ1) is 16.6. The lowest BCUT2D eigenvalue weighted by atomic mass is 9.87. The SMILES string of the molecule is Cc1ccc2c(c1)[C@H]1C[N+](C)(C)CC[C@H]1N2C(=O)c1ccccc1Cl. The summed E-state index contributed by atoms with van der Waals surface area (Å²) < 4.78 is 1.00. The van der Waals surface area contributed by atoms with Gasteiger partial charge in [0.2, 0.25) is 0 Å². The van der Waals surface area contributed by atoms with Crippen LogP contribution in [-0.2, 0) is 0 Å². The number of quaternary nitrogens is 1. The summed E-state index contributed by atoms with van der Waals surface area (Å²) in [5, 5.41) is 0.525. The molecule has 130 valence electrons. The van der Waals surface area contributed by atoms with Gasteiger partial charge in [-0.3, -0.25) is 4.79 Å². The number of likely N-dealkylation sites (N-methyl/N-ethyl adjacent to an activating group) is 1. The van der Waals surface area contributed by atoms with Gasteiger partial charge in [0.05, 0.1) is 49.7 Å². The van der Waals surface area contributed by atoms with Crippen LogP contribution in [0.5, 0.6) is 0 Å². The van der Waals surface area contributed by atoms with Gasteiger partial charge in [0.1, 0.15) is 0 Å². The molecule has 0 bridgehead atoms. The molecule has 2 heterocycles. The van der Waals surface area contributed by atoms with Crippen molar-refractivity contribution in [2.24, 2.45) is 0 Å². The Bertz CT molecular complexity index is 846. The van der Waals surface area contributed by atoms with Crippen molar-refractivity contribution in [2.75, 3.05) is 32.1 Å². The van der Waals surface area contributed by atoms with Crippen LogP contribution < -0.4 is 4.90 Å². The van der Waals surface area contributed by atoms with Crippen molar-refractivity contribution in [1.29, 1.82) is 0 Å². The topological polar surface area (TPSA) is 20.3 Å². The van der Waals surface area contributed by atoms with Crippen molar-refractivity contribution in [3.63, 3.8) is 0 Å². The molecule has 1 fully saturated rings. The van der Waals surface area contributed by atoms with E-state index in [0.29, 0.717) is 16.5 Å². The number of hydrogen-bond donors (Lipinski definition) is 0. The second kappa shape index (κ2) is 5.86. The fourth-order valence-corrected chi connectivity index (χ4v) is 4.65. The van der Waals surface area contributed by atoms with Crippen molar-refractivity contribution < 1.29 is 9.28 Å². The molecule has 2 aromatic rings. The lowest BCUT2D eigenvalue weighted by molar-refractivity contribution is -0.896. The van der Waals surface area contributed by atoms with Crippen LogP contribution in [0.1, 0.15) is 33.8 Å². The first-order chi connectivity index (χ1) is 11.9. The van der Waals surface area contributed by atoms with Crippen molar-refractivity contribution in [3.05, 3.63) is 64.2 Å². The number of anilines is 1. The highest BCUT2D eigenvalue weighted by Gasteiger charge is 2.48. The first-order valence-corrected chi connectivity index (χ1v) is 9.26. The van der Waals surface area contributed by atoms with Gasteiger partial charge in [-0.1, -0.05) is 41.4 Å². The number of hydrogen-bond acceptors (Lipinski definition) is 1. The predicted octanol–water partition coefficient (Wildman–Crippen LogP) is 4.24. The average molecular weight is 356 g/mol. The Labute approximate surface area is 154 Å². The summed E-state index contributed by atoms with van der Waals surface area (Å²) in [7, 11) is 4.56. The van der Waals surface area contributed by atoms with E-state index in [1.165, 1.54) is 11.1 Å². The Hall–Kier alpha value is -1.84. The molecule has 0 aliphatic carbocycles. The van der Waals surface area contributed by atoms with E-state index in [-0.39, 0.29) is 11.9 Å². The summed E-state index contributed by atoms with van der Waals surface area (Å²) in [5.41, 5.74) is 4.22. The van der Waals surface area contributed by atoms with Crippen LogP contribution in [0.25, 0.3) is 0 Å². The van der Waals surface area contributed by atoms with Crippen LogP contribution in [-0.4, -0.2) is 43.6 Å². The largest absolute Gasteiger partial charge is 0.328 e. The smallest absolute Gasteiger partial charge is 0.260 e. The molecule has 3 nitrogen and oxygen atoms in total. The van der Waals surface area contributed by atoms with Crippen LogP contribution in [0, 0.1) is 6.92 Å². The van der Waals surface area contributed by atoms with Crippen LogP contribution in [0.2, 0.25) is 5.02 Å². The molecule has 0 aromatic heterocycles. The van der Waals surface area contributed by atoms with Crippen molar-refractivity contribution in [3.8, 4) is 0 Å². The van der Waals surface area contributed by atoms with E-state index in [4.69, 9.17) is 11.6 Å². The molecule has 2 aliphatic heterocycles. The number of amides is 1. The maximum absolute atomic E-state index is 13.4. The number of fused-ring (bicyclic) bond motifs is 3. The lowest BCUT2D eigenvalue weighted by Crippen LogP contribution is -2.54. The number of rotatable bonds is 1. The minimum absolute atomic E-state index is 0.0235. The third-order valence-electron chi connectivity index (χ3n) is 5.68. The van der Waals surface area contributed by atoms with Gasteiger partial charge in [-0.05, 0) is 30.7 Å². The number of aryl methyl sites for hydroxylation is 1. The molecule has 0 saturated carbocycles. The molecule has 1 saturated heterocycles. The molecule has 2 aliphatic rings. The van der Waals surface area contributed by atoms with Gasteiger partial charge < -0.3 is 9.38 Å². The lowest BCUT2D eigenvalue weighted by Gasteiger charge is -2.41. The molecular formula is C21H24ClN2O+. The van der Waals surface area contributed by atoms with Crippen molar-refractivity contribution in [2.45, 2.75) is 25.3 Å². The number of nitrogens with zero attached hydrogens (tertiary/aromatic N) is 2. The van der Waals surface area contributed by atoms with E-state index >= 15 is 0 Å². The summed E-state index contributed by atoms with van der Waals surface area (Å²) in [6.07, 6.45) is 1.02. The van der Waals surface area contributed by atoms with Gasteiger partial charge in [0.15, 0.2) is 0 Å². The highest BCUT2D eigenvalue weighted by molar-refractivity contribution is 6.34. The molecule has 1 amide bonds. The fourth-order valence-electron chi connectivity index (χ4n) is 4.44. The zero-order valence-electron chi connectivity index (χ0n) is 15.0. The summed E-state index contributed by atoms with van der Waals surface area (Å²) in [5.74, 6) is 0.417. The van der Waals surface area contributed by atoms with Gasteiger partial charge in [-0.2, -0.15) is 0 Å². The number of carbonyl (C=O) groups is 1. The summed E-state index contributed by atoms with van der Waals surface area (Å²) in [4.78, 5) is 15.4. The van der Waals surface area contributed by atoms with E-state index in [9.17, 15) is 4.79 Å². The highest BCUT2D eigenvalue weighted by atomic mass is 35.5. The maximum Gasteiger partial charge on any atom is 0.260 e. The summed E-state index contributed by atoms with van der Waals surface area (Å²) >= 11 is 6.32. The van der Waals surface area contributed by atoms with Crippen LogP contribution >= 0.6 is 11.6 Å². The quantitative estimate of drug-likeness (QED) is 0.700. The third kappa shape index (κ3) is 2.76. The van der Waals surface area contributed by atoms with Crippen molar-refractivity contribution >= 4 is 23.2 Å². The van der Waals surface area contributed by atoms with E-state index in [0.717, 1.165) is 29.7 Å². The zero-order chi connectivity index (χ0) is 17.8. The normalized spacial score (nSPS) is 23.9. The Balaban J connectivity index is 1.81. The Morgan fingerprint density at radius 3 is 2.72 bits per heavy atom. The van der Waals surface area contributed by atoms with Gasteiger partial charge in [0, 0.05) is 12.1 Å². The van der Waals surface area contributed by atoms with Crippen molar-refractivity contribution in [1.82, 2.24) is 0 Å². The first-order valence-electron chi connectivity index (χ1n) is 8.88. The monoisotopic (exact) mass is 355 g/mol. The van der Waals surface area contributed by atoms with Crippen LogP contribution in [0.3, 0.4) is 0 Å². The molecule has 4 rings (SSSR count). The molecule has 0 spiro atoms. The summed E-state index contributed by atoms with van der Waals surface area (Å²) in [6.45, 7) is 4.27. The molecule has 2 atom stereocenters. The zero-order valence-corrected chi connectivity index (χ0v) is 15.8. The van der Waals surface area contributed by atoms with Gasteiger partial charge in [-0.25, -0.2) is 0 Å². The number of halogens is 1. The number of piperidine rings is 1. The molecule has 0 radical (unpaired) electrons. The van der Waals surface area contributed by atoms with E-state index in [1.807, 2.05) is 23.1 Å². The molecule has 0 N–H and O–H groups in total. The molecular weight excluding hydrogens is 332 g/mol. The van der Waals surface area contributed by atoms with Crippen LogP contribution in [0.4, 0.5) is 5.69 Å². The Morgan fingerprint density at radius 1 is 1.20 bits per heavy atom. The van der Waals surface area contributed by atoms with E-state index in [2.05, 4.69) is 39.2 Å². The minimum atomic E-state index is 0.0235. The average Bonchev–Trinajstić information content (AvgIpc) is 2.86. The Kier molecular flexibility index (Phi) is 3.89. The number of likely N-dealkylation sites (tertiary alicyclic amines) is 1. The second-order valence-electron chi connectivity index (χ2n) is 8.02. The maximum atomic E-state index is 13.4. The minimum Gasteiger partial charge on any atom is -0.328 e. The van der Waals surface area contributed by atoms with Crippen LogP contribution in [0.15, 0.2) is 42.5 Å². The second-order valence-corrected chi connectivity index (χ2v) is 8.43. The van der Waals surface area contributed by atoms with Gasteiger partial charge in [0.25, 0.3) is 5.91 Å². The summed E-state index contributed by atoms with van der Waals surface area (Å²) in [6, 6.07) is 14.1. The van der Waals surface area contributed by atoms with Gasteiger partial charge in [-0.15, -0.1) is 0 Å². The van der Waals surface area contributed by atoms with E-state index in [1.54, 1.807) is 6.07 Å². The standard InChI is InChI=1S/C21H24ClN2O/c1-14-8-9-19-16(12-14)17-13-24(2,3)11-10-20(17)23(19)21(25)15-6-4-5-7-18(15)22/h4-9,12,17,20H,10-11,13H2,1-3H3/q+1/t17-,20-/m1/s1. The number of carbonyl (C=O) groups excluding carboxylic acids is 1. The molecule has 0 unspecified atom stereocenters. The van der Waals surface area contributed by atoms with E-state index < -0.39 is 0 Å². The molecule has 25 heavy (non-hydrogen) atoms.